The van der Waals surface area contributed by atoms with Crippen LogP contribution >= 0.6 is 0 Å². The zero-order valence-corrected chi connectivity index (χ0v) is 13.9. The lowest BCUT2D eigenvalue weighted by Crippen LogP contribution is -2.49. The van der Waals surface area contributed by atoms with Crippen molar-refractivity contribution in [2.45, 2.75) is 43.9 Å². The lowest BCUT2D eigenvalue weighted by atomic mass is 9.73. The number of carbonyl (C=O) groups excluding carboxylic acids is 1. The highest BCUT2D eigenvalue weighted by Gasteiger charge is 2.47. The van der Waals surface area contributed by atoms with Gasteiger partial charge in [0.05, 0.1) is 5.41 Å². The third kappa shape index (κ3) is 2.69. The van der Waals surface area contributed by atoms with Gasteiger partial charge in [0.25, 0.3) is 0 Å². The Kier molecular flexibility index (Phi) is 4.14. The van der Waals surface area contributed by atoms with Crippen molar-refractivity contribution in [3.05, 3.63) is 35.9 Å². The molecule has 2 heterocycles. The van der Waals surface area contributed by atoms with Crippen molar-refractivity contribution in [2.75, 3.05) is 26.3 Å². The average Bonchev–Trinajstić information content (AvgIpc) is 3.06. The highest BCUT2D eigenvalue weighted by atomic mass is 16.5. The monoisotopic (exact) mass is 313 g/mol. The van der Waals surface area contributed by atoms with Crippen molar-refractivity contribution < 1.29 is 9.53 Å². The fraction of sp³-hybridized carbons (Fsp3) is 0.650. The molecule has 23 heavy (non-hydrogen) atoms. The molecule has 4 rings (SSSR count). The number of benzene rings is 1. The molecule has 3 aliphatic rings. The molecular weight excluding hydrogens is 286 g/mol. The van der Waals surface area contributed by atoms with Crippen LogP contribution in [0.5, 0.6) is 0 Å². The maximum absolute atomic E-state index is 13.5. The third-order valence-corrected chi connectivity index (χ3v) is 6.35. The van der Waals surface area contributed by atoms with Gasteiger partial charge in [-0.3, -0.25) is 4.79 Å². The van der Waals surface area contributed by atoms with Crippen LogP contribution in [0.3, 0.4) is 0 Å². The van der Waals surface area contributed by atoms with Gasteiger partial charge < -0.3 is 9.64 Å². The van der Waals surface area contributed by atoms with Crippen LogP contribution in [0.1, 0.15) is 44.1 Å². The molecule has 2 atom stereocenters. The summed E-state index contributed by atoms with van der Waals surface area (Å²) in [5.74, 6) is 1.86. The minimum absolute atomic E-state index is 0.354. The van der Waals surface area contributed by atoms with Gasteiger partial charge in [-0.25, -0.2) is 0 Å². The molecule has 0 bridgehead atoms. The topological polar surface area (TPSA) is 29.5 Å². The van der Waals surface area contributed by atoms with Crippen molar-refractivity contribution in [1.82, 2.24) is 4.90 Å². The Morgan fingerprint density at radius 1 is 1.00 bits per heavy atom. The minimum atomic E-state index is -0.354. The summed E-state index contributed by atoms with van der Waals surface area (Å²) in [7, 11) is 0. The summed E-state index contributed by atoms with van der Waals surface area (Å²) in [5.41, 5.74) is 0.829. The van der Waals surface area contributed by atoms with E-state index in [4.69, 9.17) is 4.74 Å². The normalized spacial score (nSPS) is 30.0. The molecule has 124 valence electrons. The summed E-state index contributed by atoms with van der Waals surface area (Å²) >= 11 is 0. The Morgan fingerprint density at radius 3 is 2.22 bits per heavy atom. The number of nitrogens with zero attached hydrogens (tertiary/aromatic N) is 1. The molecule has 2 saturated heterocycles. The van der Waals surface area contributed by atoms with Crippen LogP contribution in [-0.2, 0) is 14.9 Å². The van der Waals surface area contributed by atoms with E-state index >= 15 is 0 Å². The van der Waals surface area contributed by atoms with Crippen LogP contribution in [0.4, 0.5) is 0 Å². The first-order chi connectivity index (χ1) is 11.3. The van der Waals surface area contributed by atoms with Gasteiger partial charge >= 0.3 is 0 Å². The fourth-order valence-electron chi connectivity index (χ4n) is 4.98. The van der Waals surface area contributed by atoms with Gasteiger partial charge in [0.1, 0.15) is 0 Å². The second-order valence-corrected chi connectivity index (χ2v) is 7.58. The summed E-state index contributed by atoms with van der Waals surface area (Å²) in [6, 6.07) is 10.4. The SMILES string of the molecule is O=C(N1CC2CCCCC2C1)C1(c2ccccc2)CCOCC1. The average molecular weight is 313 g/mol. The molecule has 1 amide bonds. The number of hydrogen-bond acceptors (Lipinski definition) is 2. The van der Waals surface area contributed by atoms with Crippen LogP contribution < -0.4 is 0 Å². The second kappa shape index (κ2) is 6.27. The summed E-state index contributed by atoms with van der Waals surface area (Å²) < 4.78 is 5.58. The van der Waals surface area contributed by atoms with Gasteiger partial charge in [0, 0.05) is 26.3 Å². The van der Waals surface area contributed by atoms with Crippen LogP contribution in [0.2, 0.25) is 0 Å². The molecular formula is C20H27NO2. The summed E-state index contributed by atoms with van der Waals surface area (Å²) in [5, 5.41) is 0. The summed E-state index contributed by atoms with van der Waals surface area (Å²) in [6.45, 7) is 3.36. The first-order valence-electron chi connectivity index (χ1n) is 9.22. The van der Waals surface area contributed by atoms with Gasteiger partial charge in [0.2, 0.25) is 5.91 Å². The van der Waals surface area contributed by atoms with Gasteiger partial charge in [-0.1, -0.05) is 43.2 Å². The standard InChI is InChI=1S/C20H27NO2/c22-19(21-14-16-6-4-5-7-17(16)15-21)20(10-12-23-13-11-20)18-8-2-1-3-9-18/h1-3,8-9,16-17H,4-7,10-15H2. The fourth-order valence-corrected chi connectivity index (χ4v) is 4.98. The predicted molar refractivity (Wildman–Crippen MR) is 90.2 cm³/mol. The van der Waals surface area contributed by atoms with Crippen molar-refractivity contribution in [3.63, 3.8) is 0 Å². The molecule has 3 heteroatoms. The van der Waals surface area contributed by atoms with Gasteiger partial charge in [-0.2, -0.15) is 0 Å². The Morgan fingerprint density at radius 2 is 1.61 bits per heavy atom. The Hall–Kier alpha value is -1.35. The maximum atomic E-state index is 13.5. The van der Waals surface area contributed by atoms with E-state index in [0.29, 0.717) is 19.1 Å². The molecule has 2 unspecified atom stereocenters. The molecule has 1 saturated carbocycles. The highest BCUT2D eigenvalue weighted by Crippen LogP contribution is 2.41. The van der Waals surface area contributed by atoms with E-state index in [1.807, 2.05) is 6.07 Å². The van der Waals surface area contributed by atoms with Crippen LogP contribution in [0.15, 0.2) is 30.3 Å². The zero-order valence-electron chi connectivity index (χ0n) is 13.9. The van der Waals surface area contributed by atoms with Crippen molar-refractivity contribution >= 4 is 5.91 Å². The van der Waals surface area contributed by atoms with Crippen molar-refractivity contribution in [1.29, 1.82) is 0 Å². The minimum Gasteiger partial charge on any atom is -0.381 e. The predicted octanol–water partition coefficient (Wildman–Crippen LogP) is 3.38. The lowest BCUT2D eigenvalue weighted by Gasteiger charge is -2.39. The number of ether oxygens (including phenoxy) is 1. The van der Waals surface area contributed by atoms with Gasteiger partial charge in [-0.05, 0) is 43.1 Å². The zero-order chi connectivity index (χ0) is 15.7. The molecule has 0 spiro atoms. The Balaban J connectivity index is 1.60. The molecule has 1 aliphatic carbocycles. The number of carbonyl (C=O) groups is 1. The molecule has 1 aromatic rings. The van der Waals surface area contributed by atoms with E-state index in [0.717, 1.165) is 37.8 Å². The molecule has 3 nitrogen and oxygen atoms in total. The molecule has 0 aromatic heterocycles. The number of rotatable bonds is 2. The summed E-state index contributed by atoms with van der Waals surface area (Å²) in [6.07, 6.45) is 6.97. The van der Waals surface area contributed by atoms with Crippen LogP contribution in [-0.4, -0.2) is 37.1 Å². The number of hydrogen-bond donors (Lipinski definition) is 0. The van der Waals surface area contributed by atoms with Crippen molar-refractivity contribution in [2.24, 2.45) is 11.8 Å². The van der Waals surface area contributed by atoms with Crippen molar-refractivity contribution in [3.8, 4) is 0 Å². The number of amides is 1. The van der Waals surface area contributed by atoms with Crippen LogP contribution in [0, 0.1) is 11.8 Å². The van der Waals surface area contributed by atoms with Gasteiger partial charge in [-0.15, -0.1) is 0 Å². The second-order valence-electron chi connectivity index (χ2n) is 7.58. The quantitative estimate of drug-likeness (QED) is 0.837. The van der Waals surface area contributed by atoms with E-state index in [9.17, 15) is 4.79 Å². The van der Waals surface area contributed by atoms with E-state index < -0.39 is 0 Å². The number of fused-ring (bicyclic) bond motifs is 1. The Bertz CT molecular complexity index is 536. The molecule has 1 aromatic carbocycles. The first-order valence-corrected chi connectivity index (χ1v) is 9.22. The molecule has 2 aliphatic heterocycles. The van der Waals surface area contributed by atoms with E-state index in [-0.39, 0.29) is 5.41 Å². The molecule has 0 N–H and O–H groups in total. The van der Waals surface area contributed by atoms with Gasteiger partial charge in [0.15, 0.2) is 0 Å². The number of likely N-dealkylation sites (tertiary alicyclic amines) is 1. The molecule has 3 fully saturated rings. The third-order valence-electron chi connectivity index (χ3n) is 6.35. The Labute approximate surface area is 139 Å². The van der Waals surface area contributed by atoms with Crippen LogP contribution in [0.25, 0.3) is 0 Å². The summed E-state index contributed by atoms with van der Waals surface area (Å²) in [4.78, 5) is 15.7. The first kappa shape index (κ1) is 15.2. The van der Waals surface area contributed by atoms with E-state index in [1.165, 1.54) is 31.2 Å². The maximum Gasteiger partial charge on any atom is 0.233 e. The lowest BCUT2D eigenvalue weighted by molar-refractivity contribution is -0.140. The van der Waals surface area contributed by atoms with E-state index in [2.05, 4.69) is 29.2 Å². The highest BCUT2D eigenvalue weighted by molar-refractivity contribution is 5.88. The van der Waals surface area contributed by atoms with E-state index in [1.54, 1.807) is 0 Å². The molecule has 0 radical (unpaired) electrons. The smallest absolute Gasteiger partial charge is 0.233 e. The largest absolute Gasteiger partial charge is 0.381 e.